The third-order valence-corrected chi connectivity index (χ3v) is 4.35. The Labute approximate surface area is 163 Å². The molecular formula is C21H24N4O3. The number of H-pyrrole nitrogens is 1. The van der Waals surface area contributed by atoms with E-state index in [0.29, 0.717) is 36.4 Å². The number of hydrogen-bond donors (Lipinski definition) is 2. The van der Waals surface area contributed by atoms with Gasteiger partial charge in [0.15, 0.2) is 0 Å². The molecule has 0 aliphatic heterocycles. The van der Waals surface area contributed by atoms with Crippen molar-refractivity contribution in [2.75, 3.05) is 32.1 Å². The van der Waals surface area contributed by atoms with Crippen molar-refractivity contribution in [3.63, 3.8) is 0 Å². The van der Waals surface area contributed by atoms with Crippen LogP contribution < -0.4 is 10.9 Å². The van der Waals surface area contributed by atoms with Crippen LogP contribution in [0.25, 0.3) is 10.9 Å². The smallest absolute Gasteiger partial charge is 0.258 e. The van der Waals surface area contributed by atoms with Gasteiger partial charge in [-0.3, -0.25) is 14.5 Å². The molecule has 146 valence electrons. The predicted octanol–water partition coefficient (Wildman–Crippen LogP) is 2.32. The van der Waals surface area contributed by atoms with Crippen molar-refractivity contribution in [1.82, 2.24) is 14.9 Å². The van der Waals surface area contributed by atoms with Crippen molar-refractivity contribution >= 4 is 22.5 Å². The molecule has 1 amide bonds. The van der Waals surface area contributed by atoms with Gasteiger partial charge in [-0.25, -0.2) is 4.98 Å². The van der Waals surface area contributed by atoms with Crippen molar-refractivity contribution in [2.24, 2.45) is 0 Å². The molecule has 0 aliphatic carbocycles. The van der Waals surface area contributed by atoms with Crippen LogP contribution in [0, 0.1) is 6.92 Å². The number of hydrogen-bond acceptors (Lipinski definition) is 5. The molecule has 0 bridgehead atoms. The number of nitrogens with zero attached hydrogens (tertiary/aromatic N) is 2. The van der Waals surface area contributed by atoms with Crippen LogP contribution in [0.4, 0.5) is 5.69 Å². The summed E-state index contributed by atoms with van der Waals surface area (Å²) in [6.07, 6.45) is 0. The zero-order valence-corrected chi connectivity index (χ0v) is 16.1. The molecule has 2 N–H and O–H groups in total. The maximum Gasteiger partial charge on any atom is 0.258 e. The molecule has 0 spiro atoms. The number of aromatic nitrogens is 2. The van der Waals surface area contributed by atoms with Gasteiger partial charge in [0, 0.05) is 19.3 Å². The monoisotopic (exact) mass is 380 g/mol. The summed E-state index contributed by atoms with van der Waals surface area (Å²) in [4.78, 5) is 33.9. The molecule has 1 aromatic heterocycles. The fourth-order valence-corrected chi connectivity index (χ4v) is 2.90. The summed E-state index contributed by atoms with van der Waals surface area (Å²) in [5, 5.41) is 3.44. The van der Waals surface area contributed by atoms with E-state index in [1.54, 1.807) is 25.3 Å². The third-order valence-electron chi connectivity index (χ3n) is 4.35. The average Bonchev–Trinajstić information content (AvgIpc) is 2.68. The Hall–Kier alpha value is -3.03. The number of aromatic amines is 1. The highest BCUT2D eigenvalue weighted by Crippen LogP contribution is 2.10. The van der Waals surface area contributed by atoms with E-state index in [1.165, 1.54) is 0 Å². The van der Waals surface area contributed by atoms with Gasteiger partial charge in [0.05, 0.1) is 30.6 Å². The SMILES string of the molecule is COCCN(CC(=O)Nc1ccc(C)cc1)Cc1nc2ccccc2c(=O)[nH]1. The zero-order chi connectivity index (χ0) is 19.9. The molecule has 0 aliphatic rings. The zero-order valence-electron chi connectivity index (χ0n) is 16.1. The van der Waals surface area contributed by atoms with E-state index >= 15 is 0 Å². The fourth-order valence-electron chi connectivity index (χ4n) is 2.90. The summed E-state index contributed by atoms with van der Waals surface area (Å²) in [5.41, 5.74) is 2.33. The lowest BCUT2D eigenvalue weighted by atomic mass is 10.2. The summed E-state index contributed by atoms with van der Waals surface area (Å²) in [7, 11) is 1.61. The van der Waals surface area contributed by atoms with E-state index in [1.807, 2.05) is 42.2 Å². The number of fused-ring (bicyclic) bond motifs is 1. The number of para-hydroxylation sites is 1. The van der Waals surface area contributed by atoms with Gasteiger partial charge < -0.3 is 15.0 Å². The first kappa shape index (κ1) is 19.7. The van der Waals surface area contributed by atoms with Gasteiger partial charge in [0.1, 0.15) is 5.82 Å². The normalized spacial score (nSPS) is 11.1. The largest absolute Gasteiger partial charge is 0.383 e. The standard InChI is InChI=1S/C21H24N4O3/c1-15-7-9-16(10-8-15)22-20(26)14-25(11-12-28-2)13-19-23-18-6-4-3-5-17(18)21(27)24-19/h3-10H,11-14H2,1-2H3,(H,22,26)(H,23,24,27). The molecule has 7 nitrogen and oxygen atoms in total. The van der Waals surface area contributed by atoms with Gasteiger partial charge >= 0.3 is 0 Å². The molecule has 7 heteroatoms. The molecule has 0 radical (unpaired) electrons. The topological polar surface area (TPSA) is 87.3 Å². The average molecular weight is 380 g/mol. The Balaban J connectivity index is 1.72. The maximum absolute atomic E-state index is 12.5. The van der Waals surface area contributed by atoms with Gasteiger partial charge in [-0.05, 0) is 31.2 Å². The van der Waals surface area contributed by atoms with Gasteiger partial charge in [-0.15, -0.1) is 0 Å². The van der Waals surface area contributed by atoms with Gasteiger partial charge in [-0.2, -0.15) is 0 Å². The highest BCUT2D eigenvalue weighted by atomic mass is 16.5. The lowest BCUT2D eigenvalue weighted by Crippen LogP contribution is -2.36. The molecule has 3 aromatic rings. The molecule has 0 saturated heterocycles. The van der Waals surface area contributed by atoms with Gasteiger partial charge in [-0.1, -0.05) is 29.8 Å². The van der Waals surface area contributed by atoms with E-state index in [2.05, 4.69) is 15.3 Å². The molecule has 28 heavy (non-hydrogen) atoms. The van der Waals surface area contributed by atoms with Crippen LogP contribution in [0.3, 0.4) is 0 Å². The third kappa shape index (κ3) is 5.25. The van der Waals surface area contributed by atoms with E-state index in [-0.39, 0.29) is 18.0 Å². The predicted molar refractivity (Wildman–Crippen MR) is 109 cm³/mol. The number of nitrogens with one attached hydrogen (secondary N) is 2. The molecule has 0 atom stereocenters. The lowest BCUT2D eigenvalue weighted by molar-refractivity contribution is -0.117. The second kappa shape index (κ2) is 9.25. The summed E-state index contributed by atoms with van der Waals surface area (Å²) in [6, 6.07) is 14.8. The summed E-state index contributed by atoms with van der Waals surface area (Å²) >= 11 is 0. The summed E-state index contributed by atoms with van der Waals surface area (Å²) in [5.74, 6) is 0.381. The van der Waals surface area contributed by atoms with E-state index in [0.717, 1.165) is 11.3 Å². The Bertz CT molecular complexity index is 998. The number of amides is 1. The van der Waals surface area contributed by atoms with Crippen LogP contribution in [-0.4, -0.2) is 47.6 Å². The lowest BCUT2D eigenvalue weighted by Gasteiger charge is -2.21. The quantitative estimate of drug-likeness (QED) is 0.626. The number of ether oxygens (including phenoxy) is 1. The van der Waals surface area contributed by atoms with Crippen LogP contribution >= 0.6 is 0 Å². The minimum atomic E-state index is -0.184. The molecule has 0 unspecified atom stereocenters. The minimum Gasteiger partial charge on any atom is -0.383 e. The fraction of sp³-hybridized carbons (Fsp3) is 0.286. The summed E-state index contributed by atoms with van der Waals surface area (Å²) in [6.45, 7) is 3.50. The van der Waals surface area contributed by atoms with Crippen molar-refractivity contribution in [2.45, 2.75) is 13.5 Å². The number of rotatable bonds is 8. The van der Waals surface area contributed by atoms with Crippen molar-refractivity contribution < 1.29 is 9.53 Å². The highest BCUT2D eigenvalue weighted by molar-refractivity contribution is 5.92. The van der Waals surface area contributed by atoms with E-state index < -0.39 is 0 Å². The summed E-state index contributed by atoms with van der Waals surface area (Å²) < 4.78 is 5.15. The number of carbonyl (C=O) groups excluding carboxylic acids is 1. The maximum atomic E-state index is 12.5. The number of benzene rings is 2. The van der Waals surface area contributed by atoms with Crippen LogP contribution in [0.2, 0.25) is 0 Å². The van der Waals surface area contributed by atoms with Crippen LogP contribution in [-0.2, 0) is 16.1 Å². The molecule has 0 saturated carbocycles. The Kier molecular flexibility index (Phi) is 6.52. The Morgan fingerprint density at radius 1 is 1.18 bits per heavy atom. The van der Waals surface area contributed by atoms with Gasteiger partial charge in [0.25, 0.3) is 5.56 Å². The number of methoxy groups -OCH3 is 1. The van der Waals surface area contributed by atoms with Crippen molar-refractivity contribution in [1.29, 1.82) is 0 Å². The second-order valence-electron chi connectivity index (χ2n) is 6.65. The van der Waals surface area contributed by atoms with Crippen LogP contribution in [0.5, 0.6) is 0 Å². The first-order valence-electron chi connectivity index (χ1n) is 9.11. The van der Waals surface area contributed by atoms with Gasteiger partial charge in [0.2, 0.25) is 5.91 Å². The number of aryl methyl sites for hydroxylation is 1. The van der Waals surface area contributed by atoms with Crippen molar-refractivity contribution in [3.05, 3.63) is 70.3 Å². The van der Waals surface area contributed by atoms with Crippen molar-refractivity contribution in [3.8, 4) is 0 Å². The Morgan fingerprint density at radius 2 is 1.93 bits per heavy atom. The number of carbonyl (C=O) groups is 1. The first-order chi connectivity index (χ1) is 13.5. The van der Waals surface area contributed by atoms with E-state index in [4.69, 9.17) is 4.74 Å². The van der Waals surface area contributed by atoms with Crippen LogP contribution in [0.1, 0.15) is 11.4 Å². The molecular weight excluding hydrogens is 356 g/mol. The molecule has 3 rings (SSSR count). The minimum absolute atomic E-state index is 0.136. The van der Waals surface area contributed by atoms with E-state index in [9.17, 15) is 9.59 Å². The first-order valence-corrected chi connectivity index (χ1v) is 9.11. The highest BCUT2D eigenvalue weighted by Gasteiger charge is 2.14. The molecule has 0 fully saturated rings. The molecule has 1 heterocycles. The Morgan fingerprint density at radius 3 is 2.68 bits per heavy atom. The molecule has 2 aromatic carbocycles. The van der Waals surface area contributed by atoms with Crippen LogP contribution in [0.15, 0.2) is 53.3 Å². The second-order valence-corrected chi connectivity index (χ2v) is 6.65. The number of anilines is 1.